The second-order valence-corrected chi connectivity index (χ2v) is 6.21. The van der Waals surface area contributed by atoms with Crippen LogP contribution >= 0.6 is 15.9 Å². The largest absolute Gasteiger partial charge is 0.455 e. The number of halogens is 1. The van der Waals surface area contributed by atoms with Gasteiger partial charge in [-0.15, -0.1) is 0 Å². The maximum Gasteiger partial charge on any atom is 0.301 e. The Morgan fingerprint density at radius 3 is 2.41 bits per heavy atom. The van der Waals surface area contributed by atoms with Crippen molar-refractivity contribution in [2.45, 2.75) is 0 Å². The summed E-state index contributed by atoms with van der Waals surface area (Å²) < 4.78 is 6.60. The van der Waals surface area contributed by atoms with Gasteiger partial charge in [0.15, 0.2) is 0 Å². The summed E-state index contributed by atoms with van der Waals surface area (Å²) in [5.74, 6) is 1.08. The number of furan rings is 1. The fourth-order valence-corrected chi connectivity index (χ4v) is 2.50. The number of benzene rings is 2. The second kappa shape index (κ2) is 7.79. The number of nitro groups is 2. The van der Waals surface area contributed by atoms with Crippen molar-refractivity contribution in [2.75, 3.05) is 5.43 Å². The van der Waals surface area contributed by atoms with Gasteiger partial charge in [-0.1, -0.05) is 28.1 Å². The minimum Gasteiger partial charge on any atom is -0.455 e. The van der Waals surface area contributed by atoms with Gasteiger partial charge in [-0.25, -0.2) is 0 Å². The highest BCUT2D eigenvalue weighted by molar-refractivity contribution is 9.10. The Hall–Kier alpha value is -3.53. The molecular weight excluding hydrogens is 420 g/mol. The molecule has 0 bridgehead atoms. The zero-order chi connectivity index (χ0) is 19.4. The normalized spacial score (nSPS) is 10.9. The molecule has 0 amide bonds. The Labute approximate surface area is 160 Å². The van der Waals surface area contributed by atoms with E-state index in [1.165, 1.54) is 12.3 Å². The van der Waals surface area contributed by atoms with Gasteiger partial charge in [-0.05, 0) is 30.3 Å². The second-order valence-electron chi connectivity index (χ2n) is 5.29. The Morgan fingerprint density at radius 2 is 1.74 bits per heavy atom. The van der Waals surface area contributed by atoms with Crippen LogP contribution < -0.4 is 5.43 Å². The molecule has 0 fully saturated rings. The number of nitro benzene ring substituents is 2. The zero-order valence-corrected chi connectivity index (χ0v) is 15.1. The number of anilines is 1. The average Bonchev–Trinajstić information content (AvgIpc) is 3.11. The number of hydrazone groups is 1. The highest BCUT2D eigenvalue weighted by Crippen LogP contribution is 2.29. The van der Waals surface area contributed by atoms with E-state index in [9.17, 15) is 20.2 Å². The van der Waals surface area contributed by atoms with Crippen LogP contribution in [0.4, 0.5) is 17.1 Å². The number of non-ortho nitro benzene ring substituents is 1. The minimum absolute atomic E-state index is 0.0292. The van der Waals surface area contributed by atoms with Crippen LogP contribution in [0.5, 0.6) is 0 Å². The van der Waals surface area contributed by atoms with Crippen LogP contribution in [0.25, 0.3) is 11.3 Å². The van der Waals surface area contributed by atoms with Crippen molar-refractivity contribution in [2.24, 2.45) is 5.10 Å². The first-order chi connectivity index (χ1) is 12.9. The summed E-state index contributed by atoms with van der Waals surface area (Å²) in [4.78, 5) is 20.4. The van der Waals surface area contributed by atoms with E-state index in [0.717, 1.165) is 22.2 Å². The molecule has 0 atom stereocenters. The van der Waals surface area contributed by atoms with E-state index in [1.54, 1.807) is 12.1 Å². The predicted octanol–water partition coefficient (Wildman–Crippen LogP) is 4.97. The molecule has 1 aromatic heterocycles. The number of nitrogens with zero attached hydrogens (tertiary/aromatic N) is 3. The van der Waals surface area contributed by atoms with Crippen molar-refractivity contribution in [1.82, 2.24) is 0 Å². The monoisotopic (exact) mass is 430 g/mol. The molecule has 10 heteroatoms. The summed E-state index contributed by atoms with van der Waals surface area (Å²) >= 11 is 3.36. The maximum absolute atomic E-state index is 11.1. The fourth-order valence-electron chi connectivity index (χ4n) is 2.24. The summed E-state index contributed by atoms with van der Waals surface area (Å²) in [6.07, 6.45) is 1.35. The van der Waals surface area contributed by atoms with E-state index >= 15 is 0 Å². The van der Waals surface area contributed by atoms with Gasteiger partial charge in [0.25, 0.3) is 5.69 Å². The van der Waals surface area contributed by atoms with Crippen molar-refractivity contribution >= 4 is 39.2 Å². The van der Waals surface area contributed by atoms with Crippen LogP contribution in [0.1, 0.15) is 5.76 Å². The molecule has 27 heavy (non-hydrogen) atoms. The van der Waals surface area contributed by atoms with Crippen molar-refractivity contribution in [3.8, 4) is 11.3 Å². The van der Waals surface area contributed by atoms with Crippen LogP contribution in [0.3, 0.4) is 0 Å². The number of hydrogen-bond acceptors (Lipinski definition) is 7. The van der Waals surface area contributed by atoms with Crippen LogP contribution in [0, 0.1) is 20.2 Å². The van der Waals surface area contributed by atoms with E-state index < -0.39 is 15.5 Å². The summed E-state index contributed by atoms with van der Waals surface area (Å²) in [6, 6.07) is 14.3. The third-order valence-electron chi connectivity index (χ3n) is 3.52. The lowest BCUT2D eigenvalue weighted by Gasteiger charge is -2.01. The average molecular weight is 431 g/mol. The van der Waals surface area contributed by atoms with Crippen LogP contribution in [-0.2, 0) is 0 Å². The van der Waals surface area contributed by atoms with Gasteiger partial charge in [-0.3, -0.25) is 25.7 Å². The zero-order valence-electron chi connectivity index (χ0n) is 13.5. The number of nitrogens with one attached hydrogen (secondary N) is 1. The molecule has 0 saturated carbocycles. The molecule has 0 saturated heterocycles. The quantitative estimate of drug-likeness (QED) is 0.334. The molecule has 0 radical (unpaired) electrons. The molecule has 2 aromatic carbocycles. The van der Waals surface area contributed by atoms with Gasteiger partial charge in [0.05, 0.1) is 22.1 Å². The predicted molar refractivity (Wildman–Crippen MR) is 103 cm³/mol. The SMILES string of the molecule is O=[N+]([O-])c1ccc(NN=Cc2ccc(-c3ccc(Br)cc3)o2)c([N+](=O)[O-])c1. The van der Waals surface area contributed by atoms with Gasteiger partial charge in [0.1, 0.15) is 17.2 Å². The first kappa shape index (κ1) is 18.3. The van der Waals surface area contributed by atoms with E-state index in [0.29, 0.717) is 11.5 Å². The van der Waals surface area contributed by atoms with Gasteiger partial charge in [0, 0.05) is 16.1 Å². The van der Waals surface area contributed by atoms with E-state index in [1.807, 2.05) is 24.3 Å². The standard InChI is InChI=1S/C17H11BrN4O5/c18-12-3-1-11(2-4-12)17-8-6-14(27-17)10-19-20-15-7-5-13(21(23)24)9-16(15)22(25)26/h1-10,20H. The minimum atomic E-state index is -0.719. The van der Waals surface area contributed by atoms with Crippen LogP contribution in [-0.4, -0.2) is 16.1 Å². The lowest BCUT2D eigenvalue weighted by atomic mass is 10.2. The van der Waals surface area contributed by atoms with Crippen molar-refractivity contribution in [3.63, 3.8) is 0 Å². The Bertz CT molecular complexity index is 1030. The molecule has 9 nitrogen and oxygen atoms in total. The number of rotatable bonds is 6. The summed E-state index contributed by atoms with van der Waals surface area (Å²) in [6.45, 7) is 0. The first-order valence-electron chi connectivity index (χ1n) is 7.52. The molecule has 1 heterocycles. The molecule has 0 spiro atoms. The molecule has 136 valence electrons. The van der Waals surface area contributed by atoms with Gasteiger partial charge in [0.2, 0.25) is 0 Å². The third-order valence-corrected chi connectivity index (χ3v) is 4.05. The lowest BCUT2D eigenvalue weighted by molar-refractivity contribution is -0.393. The van der Waals surface area contributed by atoms with Crippen molar-refractivity contribution < 1.29 is 14.3 Å². The Kier molecular flexibility index (Phi) is 5.27. The molecule has 3 aromatic rings. The maximum atomic E-state index is 11.1. The van der Waals surface area contributed by atoms with E-state index in [4.69, 9.17) is 4.42 Å². The molecule has 0 aliphatic rings. The Balaban J connectivity index is 1.75. The summed E-state index contributed by atoms with van der Waals surface area (Å²) in [5, 5.41) is 25.7. The van der Waals surface area contributed by atoms with E-state index in [2.05, 4.69) is 26.5 Å². The highest BCUT2D eigenvalue weighted by atomic mass is 79.9. The van der Waals surface area contributed by atoms with Gasteiger partial charge >= 0.3 is 5.69 Å². The molecule has 0 aliphatic carbocycles. The highest BCUT2D eigenvalue weighted by Gasteiger charge is 2.19. The molecule has 0 unspecified atom stereocenters. The smallest absolute Gasteiger partial charge is 0.301 e. The lowest BCUT2D eigenvalue weighted by Crippen LogP contribution is -1.98. The summed E-state index contributed by atoms with van der Waals surface area (Å²) in [5.41, 5.74) is 2.60. The molecule has 3 rings (SSSR count). The van der Waals surface area contributed by atoms with Crippen molar-refractivity contribution in [1.29, 1.82) is 0 Å². The topological polar surface area (TPSA) is 124 Å². The third kappa shape index (κ3) is 4.36. The first-order valence-corrected chi connectivity index (χ1v) is 8.31. The van der Waals surface area contributed by atoms with Gasteiger partial charge < -0.3 is 4.42 Å². The molecule has 0 aliphatic heterocycles. The van der Waals surface area contributed by atoms with Gasteiger partial charge in [-0.2, -0.15) is 5.10 Å². The van der Waals surface area contributed by atoms with Crippen LogP contribution in [0.15, 0.2) is 68.6 Å². The van der Waals surface area contributed by atoms with Crippen LogP contribution in [0.2, 0.25) is 0 Å². The summed E-state index contributed by atoms with van der Waals surface area (Å²) in [7, 11) is 0. The van der Waals surface area contributed by atoms with Crippen molar-refractivity contribution in [3.05, 3.63) is 85.1 Å². The fraction of sp³-hybridized carbons (Fsp3) is 0. The number of hydrogen-bond donors (Lipinski definition) is 1. The van der Waals surface area contributed by atoms with E-state index in [-0.39, 0.29) is 11.4 Å². The molecule has 1 N–H and O–H groups in total. The molecular formula is C17H11BrN4O5. The Morgan fingerprint density at radius 1 is 1.00 bits per heavy atom.